The number of nitrogens with two attached hydrogens (primary N) is 1. The zero-order valence-corrected chi connectivity index (χ0v) is 21.9. The number of anilines is 3. The van der Waals surface area contributed by atoms with Gasteiger partial charge in [-0.2, -0.15) is 0 Å². The van der Waals surface area contributed by atoms with E-state index in [1.54, 1.807) is 12.3 Å². The fraction of sp³-hybridized carbons (Fsp3) is 0.385. The molecule has 0 radical (unpaired) electrons. The van der Waals surface area contributed by atoms with Crippen molar-refractivity contribution >= 4 is 40.6 Å². The monoisotopic (exact) mass is 522 g/mol. The molecule has 0 unspecified atom stereocenters. The lowest BCUT2D eigenvalue weighted by Gasteiger charge is -2.26. The summed E-state index contributed by atoms with van der Waals surface area (Å²) in [5.41, 5.74) is 7.96. The lowest BCUT2D eigenvalue weighted by atomic mass is 10.1. The first-order valence-corrected chi connectivity index (χ1v) is 13.4. The van der Waals surface area contributed by atoms with Crippen molar-refractivity contribution in [1.29, 1.82) is 0 Å². The van der Waals surface area contributed by atoms with E-state index in [0.717, 1.165) is 35.8 Å². The molecule has 1 aromatic carbocycles. The quantitative estimate of drug-likeness (QED) is 0.273. The third-order valence-corrected chi connectivity index (χ3v) is 7.13. The first-order chi connectivity index (χ1) is 18.0. The molecule has 0 spiro atoms. The number of carbonyl (C=O) groups is 2. The molecule has 11 heteroatoms. The zero-order valence-electron chi connectivity index (χ0n) is 21.0. The number of amides is 3. The normalized spacial score (nSPS) is 13.6. The maximum absolute atomic E-state index is 12.9. The third kappa shape index (κ3) is 7.64. The van der Waals surface area contributed by atoms with Gasteiger partial charge in [0.15, 0.2) is 5.82 Å². The van der Waals surface area contributed by atoms with E-state index in [1.807, 2.05) is 37.3 Å². The Kier molecular flexibility index (Phi) is 9.28. The molecule has 6 N–H and O–H groups in total. The highest BCUT2D eigenvalue weighted by molar-refractivity contribution is 7.17. The predicted octanol–water partition coefficient (Wildman–Crippen LogP) is 3.76. The fourth-order valence-electron chi connectivity index (χ4n) is 4.07. The highest BCUT2D eigenvalue weighted by Crippen LogP contribution is 2.31. The highest BCUT2D eigenvalue weighted by atomic mass is 32.1. The zero-order chi connectivity index (χ0) is 26.0. The van der Waals surface area contributed by atoms with Crippen LogP contribution in [-0.4, -0.2) is 59.5 Å². The van der Waals surface area contributed by atoms with E-state index in [4.69, 9.17) is 5.73 Å². The van der Waals surface area contributed by atoms with Gasteiger partial charge in [-0.05, 0) is 68.8 Å². The van der Waals surface area contributed by atoms with E-state index in [2.05, 4.69) is 36.1 Å². The van der Waals surface area contributed by atoms with Crippen molar-refractivity contribution in [2.45, 2.75) is 32.7 Å². The van der Waals surface area contributed by atoms with Gasteiger partial charge in [-0.1, -0.05) is 12.5 Å². The van der Waals surface area contributed by atoms with Gasteiger partial charge in [-0.3, -0.25) is 4.79 Å². The maximum Gasteiger partial charge on any atom is 0.319 e. The summed E-state index contributed by atoms with van der Waals surface area (Å²) in [6, 6.07) is 10.6. The lowest BCUT2D eigenvalue weighted by Crippen LogP contribution is -2.37. The van der Waals surface area contributed by atoms with Crippen molar-refractivity contribution in [3.8, 4) is 10.6 Å². The van der Waals surface area contributed by atoms with E-state index < -0.39 is 0 Å². The molecule has 0 aliphatic carbocycles. The molecule has 37 heavy (non-hydrogen) atoms. The van der Waals surface area contributed by atoms with E-state index in [-0.39, 0.29) is 11.9 Å². The Morgan fingerprint density at radius 2 is 1.84 bits per heavy atom. The molecule has 2 aromatic heterocycles. The molecule has 10 nitrogen and oxygen atoms in total. The average molecular weight is 523 g/mol. The van der Waals surface area contributed by atoms with Crippen LogP contribution < -0.4 is 27.0 Å². The number of thiazole rings is 1. The van der Waals surface area contributed by atoms with Crippen LogP contribution in [0, 0.1) is 0 Å². The van der Waals surface area contributed by atoms with Gasteiger partial charge < -0.3 is 31.9 Å². The van der Waals surface area contributed by atoms with Gasteiger partial charge in [0.25, 0.3) is 5.91 Å². The minimum absolute atomic E-state index is 0.108. The number of nitrogens with zero attached hydrogens (tertiary/aromatic N) is 3. The fourth-order valence-corrected chi connectivity index (χ4v) is 5.03. The summed E-state index contributed by atoms with van der Waals surface area (Å²) in [5, 5.41) is 12.6. The van der Waals surface area contributed by atoms with E-state index >= 15 is 0 Å². The number of nitrogens with one attached hydrogen (secondary N) is 4. The summed E-state index contributed by atoms with van der Waals surface area (Å²) in [6.45, 7) is 6.69. The van der Waals surface area contributed by atoms with Crippen molar-refractivity contribution in [3.63, 3.8) is 0 Å². The Hall–Kier alpha value is -3.70. The molecule has 3 amide bonds. The SMILES string of the molecule is CCNc1nc(-c2ccc(NC(=O)NCc3ccc(N)nc3)cc2)sc1C(=O)NCCN1CCCCC1. The highest BCUT2D eigenvalue weighted by Gasteiger charge is 2.19. The molecule has 4 rings (SSSR count). The number of rotatable bonds is 10. The molecule has 0 bridgehead atoms. The standard InChI is InChI=1S/C26H34N8O2S/c1-2-28-23-22(24(35)29-12-15-34-13-4-3-5-14-34)37-25(33-23)19-7-9-20(10-8-19)32-26(36)31-17-18-6-11-21(27)30-16-18/h6-11,16,28H,2-5,12-15,17H2,1H3,(H2,27,30)(H,29,35)(H2,31,32,36). The number of urea groups is 1. The van der Waals surface area contributed by atoms with Crippen LogP contribution in [0.15, 0.2) is 42.6 Å². The van der Waals surface area contributed by atoms with Crippen molar-refractivity contribution in [2.75, 3.05) is 49.1 Å². The number of piperidine rings is 1. The predicted molar refractivity (Wildman–Crippen MR) is 149 cm³/mol. The van der Waals surface area contributed by atoms with Crippen LogP contribution in [0.5, 0.6) is 0 Å². The number of pyridine rings is 1. The molecular formula is C26H34N8O2S. The summed E-state index contributed by atoms with van der Waals surface area (Å²) >= 11 is 1.36. The molecule has 3 aromatic rings. The molecule has 0 saturated carbocycles. The maximum atomic E-state index is 12.9. The van der Waals surface area contributed by atoms with Crippen molar-refractivity contribution in [3.05, 3.63) is 53.0 Å². The third-order valence-electron chi connectivity index (χ3n) is 6.03. The Bertz CT molecular complexity index is 1170. The average Bonchev–Trinajstić information content (AvgIpc) is 3.33. The Morgan fingerprint density at radius 1 is 1.05 bits per heavy atom. The second kappa shape index (κ2) is 13.0. The molecular weight excluding hydrogens is 488 g/mol. The second-order valence-corrected chi connectivity index (χ2v) is 9.86. The Balaban J connectivity index is 1.33. The molecule has 1 aliphatic rings. The molecule has 3 heterocycles. The van der Waals surface area contributed by atoms with Gasteiger partial charge in [-0.15, -0.1) is 11.3 Å². The van der Waals surface area contributed by atoms with Crippen LogP contribution >= 0.6 is 11.3 Å². The summed E-state index contributed by atoms with van der Waals surface area (Å²) < 4.78 is 0. The number of hydrogen-bond acceptors (Lipinski definition) is 8. The van der Waals surface area contributed by atoms with Crippen LogP contribution in [0.4, 0.5) is 22.1 Å². The van der Waals surface area contributed by atoms with Gasteiger partial charge in [0.1, 0.15) is 15.7 Å². The Morgan fingerprint density at radius 3 is 2.54 bits per heavy atom. The van der Waals surface area contributed by atoms with Crippen LogP contribution in [0.3, 0.4) is 0 Å². The molecule has 0 atom stereocenters. The first-order valence-electron chi connectivity index (χ1n) is 12.6. The first kappa shape index (κ1) is 26.4. The number of hydrogen-bond donors (Lipinski definition) is 5. The van der Waals surface area contributed by atoms with Crippen LogP contribution in [0.1, 0.15) is 41.4 Å². The number of likely N-dealkylation sites (tertiary alicyclic amines) is 1. The van der Waals surface area contributed by atoms with Crippen LogP contribution in [0.2, 0.25) is 0 Å². The van der Waals surface area contributed by atoms with Crippen molar-refractivity contribution in [2.24, 2.45) is 0 Å². The minimum atomic E-state index is -0.322. The molecule has 1 fully saturated rings. The summed E-state index contributed by atoms with van der Waals surface area (Å²) in [5.74, 6) is 0.923. The number of nitrogen functional groups attached to an aromatic ring is 1. The van der Waals surface area contributed by atoms with Crippen molar-refractivity contribution < 1.29 is 9.59 Å². The summed E-state index contributed by atoms with van der Waals surface area (Å²) in [7, 11) is 0. The number of carbonyl (C=O) groups excluding carboxylic acids is 2. The molecule has 1 aliphatic heterocycles. The number of benzene rings is 1. The largest absolute Gasteiger partial charge is 0.384 e. The number of aromatic nitrogens is 2. The van der Waals surface area contributed by atoms with Gasteiger partial charge >= 0.3 is 6.03 Å². The summed E-state index contributed by atoms with van der Waals surface area (Å²) in [4.78, 5) is 36.8. The van der Waals surface area contributed by atoms with Crippen molar-refractivity contribution in [1.82, 2.24) is 25.5 Å². The minimum Gasteiger partial charge on any atom is -0.384 e. The van der Waals surface area contributed by atoms with Gasteiger partial charge in [-0.25, -0.2) is 14.8 Å². The van der Waals surface area contributed by atoms with E-state index in [1.165, 1.54) is 30.6 Å². The van der Waals surface area contributed by atoms with Crippen LogP contribution in [-0.2, 0) is 6.54 Å². The summed E-state index contributed by atoms with van der Waals surface area (Å²) in [6.07, 6.45) is 5.39. The van der Waals surface area contributed by atoms with Gasteiger partial charge in [0.2, 0.25) is 0 Å². The lowest BCUT2D eigenvalue weighted by molar-refractivity contribution is 0.0951. The van der Waals surface area contributed by atoms with Gasteiger partial charge in [0, 0.05) is 43.6 Å². The van der Waals surface area contributed by atoms with E-state index in [9.17, 15) is 9.59 Å². The van der Waals surface area contributed by atoms with Gasteiger partial charge in [0.05, 0.1) is 0 Å². The Labute approximate surface area is 221 Å². The smallest absolute Gasteiger partial charge is 0.319 e. The molecule has 196 valence electrons. The second-order valence-electron chi connectivity index (χ2n) is 8.86. The van der Waals surface area contributed by atoms with Crippen LogP contribution in [0.25, 0.3) is 10.6 Å². The topological polar surface area (TPSA) is 137 Å². The van der Waals surface area contributed by atoms with E-state index in [0.29, 0.717) is 41.8 Å². The molecule has 1 saturated heterocycles.